The summed E-state index contributed by atoms with van der Waals surface area (Å²) in [6.07, 6.45) is 0.955. The topological polar surface area (TPSA) is 94.1 Å². The van der Waals surface area contributed by atoms with E-state index in [2.05, 4.69) is 35.1 Å². The Morgan fingerprint density at radius 3 is 2.48 bits per heavy atom. The molecular formula is C25H30BrNO6. The molecule has 0 spiro atoms. The van der Waals surface area contributed by atoms with Gasteiger partial charge in [-0.1, -0.05) is 41.9 Å². The quantitative estimate of drug-likeness (QED) is 0.444. The number of halogens is 1. The molecule has 1 unspecified atom stereocenters. The highest BCUT2D eigenvalue weighted by Gasteiger charge is 2.22. The molecule has 0 radical (unpaired) electrons. The van der Waals surface area contributed by atoms with Gasteiger partial charge in [0.1, 0.15) is 11.9 Å². The van der Waals surface area contributed by atoms with Gasteiger partial charge in [-0.05, 0) is 54.7 Å². The van der Waals surface area contributed by atoms with Crippen molar-refractivity contribution < 1.29 is 28.9 Å². The van der Waals surface area contributed by atoms with E-state index >= 15 is 0 Å². The summed E-state index contributed by atoms with van der Waals surface area (Å²) in [5, 5.41) is 11.3. The van der Waals surface area contributed by atoms with Crippen molar-refractivity contribution in [3.05, 3.63) is 63.6 Å². The molecule has 0 aromatic heterocycles. The molecule has 0 bridgehead atoms. The second-order valence-electron chi connectivity index (χ2n) is 8.37. The van der Waals surface area contributed by atoms with Crippen molar-refractivity contribution >= 4 is 27.8 Å². The summed E-state index contributed by atoms with van der Waals surface area (Å²) in [6.45, 7) is 5.69. The third-order valence-electron chi connectivity index (χ3n) is 5.18. The van der Waals surface area contributed by atoms with Crippen LogP contribution in [0.2, 0.25) is 0 Å². The second kappa shape index (κ2) is 12.2. The molecule has 1 saturated heterocycles. The van der Waals surface area contributed by atoms with Crippen LogP contribution in [0.25, 0.3) is 0 Å². The van der Waals surface area contributed by atoms with Crippen molar-refractivity contribution in [3.8, 4) is 5.75 Å². The Morgan fingerprint density at radius 1 is 1.15 bits per heavy atom. The van der Waals surface area contributed by atoms with Crippen LogP contribution in [-0.2, 0) is 14.3 Å². The zero-order valence-corrected chi connectivity index (χ0v) is 20.5. The molecule has 1 aliphatic rings. The average molecular weight is 520 g/mol. The third kappa shape index (κ3) is 7.55. The van der Waals surface area contributed by atoms with Crippen LogP contribution >= 0.6 is 15.9 Å². The first-order valence-electron chi connectivity index (χ1n) is 11.1. The van der Waals surface area contributed by atoms with E-state index in [4.69, 9.17) is 19.3 Å². The summed E-state index contributed by atoms with van der Waals surface area (Å²) >= 11 is 3.58. The van der Waals surface area contributed by atoms with Gasteiger partial charge in [0.25, 0.3) is 5.91 Å². The molecule has 1 heterocycles. The van der Waals surface area contributed by atoms with Crippen molar-refractivity contribution in [2.75, 3.05) is 19.8 Å². The summed E-state index contributed by atoms with van der Waals surface area (Å²) in [5.74, 6) is -0.132. The van der Waals surface area contributed by atoms with Crippen LogP contribution in [0, 0.1) is 5.92 Å². The van der Waals surface area contributed by atoms with Crippen LogP contribution in [0.15, 0.2) is 46.9 Å². The maximum Gasteiger partial charge on any atom is 0.305 e. The van der Waals surface area contributed by atoms with Gasteiger partial charge in [0.15, 0.2) is 6.29 Å². The minimum Gasteiger partial charge on any atom is -0.486 e. The number of ether oxygens (including phenoxy) is 3. The van der Waals surface area contributed by atoms with E-state index in [1.807, 2.05) is 30.3 Å². The summed E-state index contributed by atoms with van der Waals surface area (Å²) in [7, 11) is 0. The lowest BCUT2D eigenvalue weighted by Gasteiger charge is -2.26. The second-order valence-corrected chi connectivity index (χ2v) is 9.22. The van der Waals surface area contributed by atoms with Gasteiger partial charge in [-0.25, -0.2) is 0 Å². The standard InChI is InChI=1S/C25H30BrNO6/c1-16(2)14-22(17-4-6-18(7-5-17)24(30)27-11-10-23(28)29)33-19-8-9-21(26)20(15-19)25-31-12-3-13-32-25/h4-9,15-16,22,25H,3,10-14H2,1-2H3,(H,27,30)(H,28,29). The Morgan fingerprint density at radius 2 is 1.85 bits per heavy atom. The molecule has 2 aromatic carbocycles. The largest absolute Gasteiger partial charge is 0.486 e. The van der Waals surface area contributed by atoms with Gasteiger partial charge in [-0.2, -0.15) is 0 Å². The number of hydrogen-bond donors (Lipinski definition) is 2. The van der Waals surface area contributed by atoms with Crippen LogP contribution in [0.3, 0.4) is 0 Å². The lowest BCUT2D eigenvalue weighted by molar-refractivity contribution is -0.183. The Bertz CT molecular complexity index is 940. The van der Waals surface area contributed by atoms with Crippen molar-refractivity contribution in [3.63, 3.8) is 0 Å². The number of carbonyl (C=O) groups excluding carboxylic acids is 1. The average Bonchev–Trinajstić information content (AvgIpc) is 2.80. The Kier molecular flexibility index (Phi) is 9.29. The van der Waals surface area contributed by atoms with E-state index in [1.165, 1.54) is 0 Å². The fourth-order valence-corrected chi connectivity index (χ4v) is 3.96. The molecule has 1 amide bonds. The predicted octanol–water partition coefficient (Wildman–Crippen LogP) is 5.26. The maximum absolute atomic E-state index is 12.2. The summed E-state index contributed by atoms with van der Waals surface area (Å²) in [4.78, 5) is 22.9. The molecule has 3 rings (SSSR count). The molecule has 2 N–H and O–H groups in total. The number of aliphatic carboxylic acids is 1. The first-order chi connectivity index (χ1) is 15.8. The fourth-order valence-electron chi connectivity index (χ4n) is 3.52. The number of carboxylic acids is 1. The summed E-state index contributed by atoms with van der Waals surface area (Å²) in [5.41, 5.74) is 2.33. The minimum absolute atomic E-state index is 0.0926. The first-order valence-corrected chi connectivity index (χ1v) is 11.9. The van der Waals surface area contributed by atoms with Gasteiger partial charge in [0, 0.05) is 22.1 Å². The maximum atomic E-state index is 12.2. The van der Waals surface area contributed by atoms with Gasteiger partial charge in [0.2, 0.25) is 0 Å². The van der Waals surface area contributed by atoms with E-state index in [0.717, 1.165) is 28.4 Å². The fraction of sp³-hybridized carbons (Fsp3) is 0.440. The number of benzene rings is 2. The van der Waals surface area contributed by atoms with E-state index < -0.39 is 12.3 Å². The zero-order valence-electron chi connectivity index (χ0n) is 18.9. The van der Waals surface area contributed by atoms with Crippen LogP contribution in [0.4, 0.5) is 0 Å². The molecule has 33 heavy (non-hydrogen) atoms. The molecule has 7 nitrogen and oxygen atoms in total. The van der Waals surface area contributed by atoms with Crippen LogP contribution < -0.4 is 10.1 Å². The highest BCUT2D eigenvalue weighted by atomic mass is 79.9. The molecular weight excluding hydrogens is 490 g/mol. The lowest BCUT2D eigenvalue weighted by atomic mass is 9.98. The summed E-state index contributed by atoms with van der Waals surface area (Å²) < 4.78 is 18.8. The molecule has 178 valence electrons. The molecule has 2 aromatic rings. The van der Waals surface area contributed by atoms with Crippen molar-refractivity contribution in [1.29, 1.82) is 0 Å². The van der Waals surface area contributed by atoms with Gasteiger partial charge < -0.3 is 24.6 Å². The van der Waals surface area contributed by atoms with Crippen LogP contribution in [-0.4, -0.2) is 36.7 Å². The minimum atomic E-state index is -0.947. The zero-order chi connectivity index (χ0) is 23.8. The highest BCUT2D eigenvalue weighted by Crippen LogP contribution is 2.35. The third-order valence-corrected chi connectivity index (χ3v) is 5.90. The molecule has 1 fully saturated rings. The van der Waals surface area contributed by atoms with Crippen molar-refractivity contribution in [2.45, 2.75) is 45.5 Å². The Balaban J connectivity index is 1.73. The lowest BCUT2D eigenvalue weighted by Crippen LogP contribution is -2.26. The molecule has 1 atom stereocenters. The van der Waals surface area contributed by atoms with Gasteiger partial charge in [-0.3, -0.25) is 9.59 Å². The molecule has 8 heteroatoms. The van der Waals surface area contributed by atoms with E-state index in [0.29, 0.717) is 30.4 Å². The van der Waals surface area contributed by atoms with E-state index in [9.17, 15) is 9.59 Å². The van der Waals surface area contributed by atoms with Crippen molar-refractivity contribution in [1.82, 2.24) is 5.32 Å². The predicted molar refractivity (Wildman–Crippen MR) is 127 cm³/mol. The molecule has 0 aliphatic carbocycles. The Hall–Kier alpha value is -2.42. The van der Waals surface area contributed by atoms with Gasteiger partial charge in [0.05, 0.1) is 19.6 Å². The number of amides is 1. The van der Waals surface area contributed by atoms with E-state index in [1.54, 1.807) is 12.1 Å². The number of carbonyl (C=O) groups is 2. The van der Waals surface area contributed by atoms with Crippen LogP contribution in [0.1, 0.15) is 67.0 Å². The summed E-state index contributed by atoms with van der Waals surface area (Å²) in [6, 6.07) is 13.0. The Labute approximate surface area is 202 Å². The SMILES string of the molecule is CC(C)CC(Oc1ccc(Br)c(C2OCCCO2)c1)c1ccc(C(=O)NCCC(=O)O)cc1. The van der Waals surface area contributed by atoms with E-state index in [-0.39, 0.29) is 25.0 Å². The monoisotopic (exact) mass is 519 g/mol. The number of nitrogens with one attached hydrogen (secondary N) is 1. The normalized spacial score (nSPS) is 15.3. The van der Waals surface area contributed by atoms with Crippen molar-refractivity contribution in [2.24, 2.45) is 5.92 Å². The number of carboxylic acid groups (broad SMARTS) is 1. The van der Waals surface area contributed by atoms with Crippen LogP contribution in [0.5, 0.6) is 5.75 Å². The highest BCUT2D eigenvalue weighted by molar-refractivity contribution is 9.10. The number of rotatable bonds is 10. The smallest absolute Gasteiger partial charge is 0.305 e. The van der Waals surface area contributed by atoms with Gasteiger partial charge >= 0.3 is 5.97 Å². The molecule has 1 aliphatic heterocycles. The first kappa shape index (κ1) is 25.2. The van der Waals surface area contributed by atoms with Gasteiger partial charge in [-0.15, -0.1) is 0 Å². The number of hydrogen-bond acceptors (Lipinski definition) is 5. The molecule has 0 saturated carbocycles.